The highest BCUT2D eigenvalue weighted by Gasteiger charge is 2.16. The second kappa shape index (κ2) is 4.11. The maximum atomic E-state index is 10.7. The first kappa shape index (κ1) is 9.06. The molecule has 0 aliphatic carbocycles. The van der Waals surface area contributed by atoms with E-state index < -0.39 is 11.9 Å². The third-order valence-corrected chi connectivity index (χ3v) is 1.95. The minimum Gasteiger partial charge on any atom is -0.481 e. The van der Waals surface area contributed by atoms with Gasteiger partial charge in [-0.25, -0.2) is 0 Å². The molecule has 0 radical (unpaired) electrons. The van der Waals surface area contributed by atoms with E-state index in [0.29, 0.717) is 5.75 Å². The van der Waals surface area contributed by atoms with Crippen LogP contribution >= 0.6 is 12.6 Å². The number of hydrogen-bond acceptors (Lipinski definition) is 3. The minimum atomic E-state index is -0.851. The van der Waals surface area contributed by atoms with Crippen molar-refractivity contribution in [2.24, 2.45) is 0 Å². The predicted molar refractivity (Wildman–Crippen MR) is 48.5 cm³/mol. The summed E-state index contributed by atoms with van der Waals surface area (Å²) in [5, 5.41) is 8.76. The van der Waals surface area contributed by atoms with E-state index in [-0.39, 0.29) is 0 Å². The summed E-state index contributed by atoms with van der Waals surface area (Å²) in [6.07, 6.45) is 3.16. The fourth-order valence-electron chi connectivity index (χ4n) is 0.922. The number of pyridine rings is 1. The molecule has 1 aromatic heterocycles. The predicted octanol–water partition coefficient (Wildman–Crippen LogP) is 1.18. The fraction of sp³-hybridized carbons (Fsp3) is 0.250. The van der Waals surface area contributed by atoms with Crippen molar-refractivity contribution in [3.63, 3.8) is 0 Å². The summed E-state index contributed by atoms with van der Waals surface area (Å²) in [4.78, 5) is 14.5. The molecule has 0 aromatic carbocycles. The molecule has 64 valence electrons. The van der Waals surface area contributed by atoms with Crippen LogP contribution in [-0.2, 0) is 4.79 Å². The maximum Gasteiger partial charge on any atom is 0.311 e. The number of aliphatic carboxylic acids is 1. The number of carboxylic acids is 1. The smallest absolute Gasteiger partial charge is 0.311 e. The first-order chi connectivity index (χ1) is 5.75. The highest BCUT2D eigenvalue weighted by molar-refractivity contribution is 7.80. The largest absolute Gasteiger partial charge is 0.481 e. The first-order valence-corrected chi connectivity index (χ1v) is 4.12. The summed E-state index contributed by atoms with van der Waals surface area (Å²) in [6.45, 7) is 0. The van der Waals surface area contributed by atoms with E-state index in [1.807, 2.05) is 0 Å². The molecule has 1 heterocycles. The number of carbonyl (C=O) groups is 1. The van der Waals surface area contributed by atoms with E-state index in [2.05, 4.69) is 17.6 Å². The molecule has 0 aliphatic rings. The molecule has 0 aliphatic heterocycles. The number of hydrogen-bond donors (Lipinski definition) is 2. The van der Waals surface area contributed by atoms with Crippen LogP contribution in [0.2, 0.25) is 0 Å². The van der Waals surface area contributed by atoms with Gasteiger partial charge in [-0.05, 0) is 17.7 Å². The van der Waals surface area contributed by atoms with Crippen LogP contribution < -0.4 is 0 Å². The van der Waals surface area contributed by atoms with E-state index in [4.69, 9.17) is 5.11 Å². The zero-order valence-electron chi connectivity index (χ0n) is 6.34. The number of nitrogens with zero attached hydrogens (tertiary/aromatic N) is 1. The molecular formula is C8H9NO2S. The lowest BCUT2D eigenvalue weighted by atomic mass is 10.0. The minimum absolute atomic E-state index is 0.305. The van der Waals surface area contributed by atoms with Gasteiger partial charge in [0.2, 0.25) is 0 Å². The van der Waals surface area contributed by atoms with Crippen LogP contribution in [0, 0.1) is 0 Å². The molecular weight excluding hydrogens is 174 g/mol. The second-order valence-corrected chi connectivity index (χ2v) is 2.72. The van der Waals surface area contributed by atoms with Crippen molar-refractivity contribution in [1.82, 2.24) is 4.98 Å². The van der Waals surface area contributed by atoms with Gasteiger partial charge >= 0.3 is 5.97 Å². The Morgan fingerprint density at radius 1 is 1.58 bits per heavy atom. The van der Waals surface area contributed by atoms with E-state index >= 15 is 0 Å². The fourth-order valence-corrected chi connectivity index (χ4v) is 1.29. The van der Waals surface area contributed by atoms with Crippen molar-refractivity contribution >= 4 is 18.6 Å². The Morgan fingerprint density at radius 3 is 2.58 bits per heavy atom. The van der Waals surface area contributed by atoms with Crippen LogP contribution in [-0.4, -0.2) is 21.8 Å². The third kappa shape index (κ3) is 1.98. The zero-order chi connectivity index (χ0) is 8.97. The Kier molecular flexibility index (Phi) is 3.10. The monoisotopic (exact) mass is 183 g/mol. The Hall–Kier alpha value is -1.03. The number of aromatic nitrogens is 1. The Balaban J connectivity index is 2.88. The molecule has 0 bridgehead atoms. The van der Waals surface area contributed by atoms with E-state index in [9.17, 15) is 4.79 Å². The molecule has 12 heavy (non-hydrogen) atoms. The van der Waals surface area contributed by atoms with E-state index in [1.54, 1.807) is 24.5 Å². The average molecular weight is 183 g/mol. The molecule has 0 saturated carbocycles. The molecule has 1 aromatic rings. The van der Waals surface area contributed by atoms with Crippen molar-refractivity contribution < 1.29 is 9.90 Å². The van der Waals surface area contributed by atoms with Gasteiger partial charge in [0.25, 0.3) is 0 Å². The normalized spacial score (nSPS) is 12.4. The van der Waals surface area contributed by atoms with Crippen LogP contribution in [0.5, 0.6) is 0 Å². The number of rotatable bonds is 3. The molecule has 1 atom stereocenters. The van der Waals surface area contributed by atoms with Gasteiger partial charge in [-0.1, -0.05) is 0 Å². The van der Waals surface area contributed by atoms with Crippen molar-refractivity contribution in [3.8, 4) is 0 Å². The van der Waals surface area contributed by atoms with Gasteiger partial charge in [0.05, 0.1) is 5.92 Å². The molecule has 4 heteroatoms. The summed E-state index contributed by atoms with van der Waals surface area (Å²) in [6, 6.07) is 3.38. The average Bonchev–Trinajstić information content (AvgIpc) is 2.07. The molecule has 1 N–H and O–H groups in total. The van der Waals surface area contributed by atoms with E-state index in [0.717, 1.165) is 5.56 Å². The van der Waals surface area contributed by atoms with Crippen LogP contribution in [0.15, 0.2) is 24.5 Å². The lowest BCUT2D eigenvalue weighted by molar-refractivity contribution is -0.138. The third-order valence-electron chi connectivity index (χ3n) is 1.59. The lowest BCUT2D eigenvalue weighted by Crippen LogP contribution is -2.12. The van der Waals surface area contributed by atoms with Gasteiger partial charge in [0.15, 0.2) is 0 Å². The topological polar surface area (TPSA) is 50.2 Å². The van der Waals surface area contributed by atoms with Crippen LogP contribution in [0.1, 0.15) is 11.5 Å². The molecule has 0 amide bonds. The Labute approximate surface area is 75.9 Å². The quantitative estimate of drug-likeness (QED) is 0.692. The van der Waals surface area contributed by atoms with Crippen molar-refractivity contribution in [2.75, 3.05) is 5.75 Å². The summed E-state index contributed by atoms with van der Waals surface area (Å²) in [7, 11) is 0. The summed E-state index contributed by atoms with van der Waals surface area (Å²) in [5.41, 5.74) is 0.743. The van der Waals surface area contributed by atoms with Gasteiger partial charge in [-0.2, -0.15) is 12.6 Å². The Bertz CT molecular complexity index is 263. The zero-order valence-corrected chi connectivity index (χ0v) is 7.24. The summed E-state index contributed by atoms with van der Waals surface area (Å²) in [5.74, 6) is -1.08. The van der Waals surface area contributed by atoms with E-state index in [1.165, 1.54) is 0 Å². The van der Waals surface area contributed by atoms with Crippen LogP contribution in [0.3, 0.4) is 0 Å². The number of thiol groups is 1. The maximum absolute atomic E-state index is 10.7. The van der Waals surface area contributed by atoms with Gasteiger partial charge in [0.1, 0.15) is 0 Å². The standard InChI is InChI=1S/C8H9NO2S/c10-8(11)7(5-12)6-1-3-9-4-2-6/h1-4,7,12H,5H2,(H,10,11). The second-order valence-electron chi connectivity index (χ2n) is 2.35. The van der Waals surface area contributed by atoms with Gasteiger partial charge < -0.3 is 5.11 Å². The summed E-state index contributed by atoms with van der Waals surface area (Å²) >= 11 is 3.97. The molecule has 0 saturated heterocycles. The molecule has 1 unspecified atom stereocenters. The highest BCUT2D eigenvalue weighted by atomic mass is 32.1. The molecule has 3 nitrogen and oxygen atoms in total. The van der Waals surface area contributed by atoms with Gasteiger partial charge in [0, 0.05) is 18.1 Å². The number of carboxylic acid groups (broad SMARTS) is 1. The van der Waals surface area contributed by atoms with Crippen LogP contribution in [0.4, 0.5) is 0 Å². The summed E-state index contributed by atoms with van der Waals surface area (Å²) < 4.78 is 0. The lowest BCUT2D eigenvalue weighted by Gasteiger charge is -2.07. The molecule has 1 rings (SSSR count). The highest BCUT2D eigenvalue weighted by Crippen LogP contribution is 2.15. The Morgan fingerprint density at radius 2 is 2.17 bits per heavy atom. The van der Waals surface area contributed by atoms with Gasteiger partial charge in [-0.3, -0.25) is 9.78 Å². The van der Waals surface area contributed by atoms with Crippen LogP contribution in [0.25, 0.3) is 0 Å². The van der Waals surface area contributed by atoms with Crippen molar-refractivity contribution in [1.29, 1.82) is 0 Å². The molecule has 0 spiro atoms. The molecule has 0 fully saturated rings. The van der Waals surface area contributed by atoms with Gasteiger partial charge in [-0.15, -0.1) is 0 Å². The SMILES string of the molecule is O=C(O)C(CS)c1ccncc1. The van der Waals surface area contributed by atoms with Crippen molar-refractivity contribution in [2.45, 2.75) is 5.92 Å². The first-order valence-electron chi connectivity index (χ1n) is 3.49. The van der Waals surface area contributed by atoms with Crippen molar-refractivity contribution in [3.05, 3.63) is 30.1 Å².